The van der Waals surface area contributed by atoms with Gasteiger partial charge in [0, 0.05) is 5.25 Å². The molecule has 0 aliphatic heterocycles. The monoisotopic (exact) mass is 194 g/mol. The summed E-state index contributed by atoms with van der Waals surface area (Å²) in [5.41, 5.74) is 0.451. The van der Waals surface area contributed by atoms with Crippen molar-refractivity contribution in [1.82, 2.24) is 0 Å². The van der Waals surface area contributed by atoms with E-state index in [0.717, 1.165) is 25.7 Å². The lowest BCUT2D eigenvalue weighted by molar-refractivity contribution is 0.248. The summed E-state index contributed by atoms with van der Waals surface area (Å²) in [6.07, 6.45) is 4.39. The molecule has 1 unspecified atom stereocenters. The van der Waals surface area contributed by atoms with Crippen LogP contribution in [0.4, 0.5) is 0 Å². The molecule has 0 aromatic heterocycles. The maximum absolute atomic E-state index is 10.9. The van der Waals surface area contributed by atoms with E-state index in [2.05, 4.69) is 13.8 Å². The second-order valence-electron chi connectivity index (χ2n) is 4.11. The van der Waals surface area contributed by atoms with Crippen molar-refractivity contribution in [2.24, 2.45) is 5.41 Å². The summed E-state index contributed by atoms with van der Waals surface area (Å²) in [7, 11) is 4.41. The molecule has 0 bridgehead atoms. The van der Waals surface area contributed by atoms with Gasteiger partial charge in [0.2, 0.25) is 0 Å². The molecule has 66 valence electrons. The fourth-order valence-corrected chi connectivity index (χ4v) is 2.70. The van der Waals surface area contributed by atoms with Gasteiger partial charge in [0.1, 0.15) is 10.0 Å². The first-order chi connectivity index (χ1) is 5.01. The van der Waals surface area contributed by atoms with Crippen molar-refractivity contribution in [3.05, 3.63) is 0 Å². The van der Waals surface area contributed by atoms with Gasteiger partial charge in [-0.2, -0.15) is 0 Å². The summed E-state index contributed by atoms with van der Waals surface area (Å²) in [5.74, 6) is 0. The van der Waals surface area contributed by atoms with Crippen molar-refractivity contribution >= 4 is 20.7 Å². The molecule has 0 heterocycles. The lowest BCUT2D eigenvalue weighted by atomic mass is 9.77. The Labute approximate surface area is 75.5 Å². The summed E-state index contributed by atoms with van der Waals surface area (Å²) in [6, 6.07) is 0. The first-order valence-corrected chi connectivity index (χ1v) is 6.12. The summed E-state index contributed by atoms with van der Waals surface area (Å²) in [5, 5.41) is 0.254. The second kappa shape index (κ2) is 3.44. The molecule has 1 nitrogen and oxygen atoms in total. The predicted octanol–water partition coefficient (Wildman–Crippen LogP) is 2.86. The van der Waals surface area contributed by atoms with Gasteiger partial charge in [-0.15, -0.1) is 0 Å². The summed E-state index contributed by atoms with van der Waals surface area (Å²) < 4.78 is 10.9. The standard InChI is InChI=1S/C8H15ClOS/c1-8(2)5-3-7(4-6-8)11(9)10/h7H,3-6H2,1-2H3. The number of hydrogen-bond donors (Lipinski definition) is 0. The van der Waals surface area contributed by atoms with Crippen LogP contribution in [-0.4, -0.2) is 9.46 Å². The van der Waals surface area contributed by atoms with Gasteiger partial charge in [-0.05, 0) is 41.8 Å². The Kier molecular flexibility index (Phi) is 2.98. The Balaban J connectivity index is 2.42. The Morgan fingerprint density at radius 1 is 1.36 bits per heavy atom. The zero-order valence-electron chi connectivity index (χ0n) is 7.10. The van der Waals surface area contributed by atoms with Crippen LogP contribution in [0.3, 0.4) is 0 Å². The van der Waals surface area contributed by atoms with Gasteiger partial charge in [-0.3, -0.25) is 0 Å². The maximum atomic E-state index is 10.9. The molecule has 0 radical (unpaired) electrons. The molecule has 0 amide bonds. The molecule has 1 fully saturated rings. The highest BCUT2D eigenvalue weighted by Crippen LogP contribution is 2.37. The highest BCUT2D eigenvalue weighted by molar-refractivity contribution is 8.08. The van der Waals surface area contributed by atoms with E-state index < -0.39 is 10.0 Å². The zero-order chi connectivity index (χ0) is 8.48. The largest absolute Gasteiger partial charge is 0.242 e. The molecule has 0 saturated heterocycles. The number of hydrogen-bond acceptors (Lipinski definition) is 1. The molecular weight excluding hydrogens is 180 g/mol. The van der Waals surface area contributed by atoms with E-state index in [-0.39, 0.29) is 5.25 Å². The zero-order valence-corrected chi connectivity index (χ0v) is 8.67. The highest BCUT2D eigenvalue weighted by atomic mass is 35.7. The molecule has 11 heavy (non-hydrogen) atoms. The molecule has 0 spiro atoms. The lowest BCUT2D eigenvalue weighted by Crippen LogP contribution is -2.25. The normalized spacial score (nSPS) is 28.3. The molecule has 1 aliphatic rings. The molecule has 3 heteroatoms. The lowest BCUT2D eigenvalue weighted by Gasteiger charge is -2.32. The van der Waals surface area contributed by atoms with Gasteiger partial charge in [0.15, 0.2) is 0 Å². The predicted molar refractivity (Wildman–Crippen MR) is 50.0 cm³/mol. The van der Waals surface area contributed by atoms with Crippen molar-refractivity contribution in [3.8, 4) is 0 Å². The molecule has 0 N–H and O–H groups in total. The molecular formula is C8H15ClOS. The first-order valence-electron chi connectivity index (χ1n) is 4.08. The third-order valence-corrected chi connectivity index (χ3v) is 4.30. The van der Waals surface area contributed by atoms with E-state index >= 15 is 0 Å². The minimum Gasteiger partial charge on any atom is -0.242 e. The topological polar surface area (TPSA) is 17.1 Å². The van der Waals surface area contributed by atoms with Gasteiger partial charge < -0.3 is 0 Å². The third-order valence-electron chi connectivity index (χ3n) is 2.55. The fraction of sp³-hybridized carbons (Fsp3) is 1.00. The van der Waals surface area contributed by atoms with Crippen LogP contribution in [-0.2, 0) is 10.0 Å². The fourth-order valence-electron chi connectivity index (χ4n) is 1.56. The minimum atomic E-state index is -1.11. The van der Waals surface area contributed by atoms with Crippen LogP contribution < -0.4 is 0 Å². The highest BCUT2D eigenvalue weighted by Gasteiger charge is 2.29. The quantitative estimate of drug-likeness (QED) is 0.587. The summed E-state index contributed by atoms with van der Waals surface area (Å²) in [6.45, 7) is 4.53. The first kappa shape index (κ1) is 9.53. The van der Waals surface area contributed by atoms with E-state index in [0.29, 0.717) is 5.41 Å². The Hall–Kier alpha value is 0.440. The van der Waals surface area contributed by atoms with Crippen molar-refractivity contribution in [2.45, 2.75) is 44.8 Å². The third kappa shape index (κ3) is 2.75. The molecule has 0 aromatic rings. The summed E-state index contributed by atoms with van der Waals surface area (Å²) in [4.78, 5) is 0. The minimum absolute atomic E-state index is 0.254. The maximum Gasteiger partial charge on any atom is 0.118 e. The van der Waals surface area contributed by atoms with Gasteiger partial charge in [0.25, 0.3) is 0 Å². The smallest absolute Gasteiger partial charge is 0.118 e. The van der Waals surface area contributed by atoms with Crippen molar-refractivity contribution in [3.63, 3.8) is 0 Å². The van der Waals surface area contributed by atoms with E-state index in [1.807, 2.05) is 0 Å². The van der Waals surface area contributed by atoms with Crippen LogP contribution >= 0.6 is 10.7 Å². The number of halogens is 1. The van der Waals surface area contributed by atoms with Crippen LogP contribution in [0.2, 0.25) is 0 Å². The van der Waals surface area contributed by atoms with Crippen molar-refractivity contribution in [1.29, 1.82) is 0 Å². The van der Waals surface area contributed by atoms with Gasteiger partial charge in [-0.25, -0.2) is 4.21 Å². The van der Waals surface area contributed by atoms with Crippen LogP contribution in [0, 0.1) is 5.41 Å². The molecule has 1 rings (SSSR count). The van der Waals surface area contributed by atoms with Gasteiger partial charge in [0.05, 0.1) is 0 Å². The Morgan fingerprint density at radius 3 is 2.18 bits per heavy atom. The number of rotatable bonds is 1. The van der Waals surface area contributed by atoms with E-state index in [9.17, 15) is 4.21 Å². The van der Waals surface area contributed by atoms with E-state index in [1.54, 1.807) is 0 Å². The van der Waals surface area contributed by atoms with Gasteiger partial charge >= 0.3 is 0 Å². The molecule has 1 aliphatic carbocycles. The Bertz CT molecular complexity index is 157. The average Bonchev–Trinajstić information content (AvgIpc) is 1.86. The van der Waals surface area contributed by atoms with Crippen molar-refractivity contribution < 1.29 is 4.21 Å². The molecule has 1 saturated carbocycles. The average molecular weight is 195 g/mol. The SMILES string of the molecule is CC1(C)CCC(S(=O)Cl)CC1. The van der Waals surface area contributed by atoms with Crippen molar-refractivity contribution in [2.75, 3.05) is 0 Å². The van der Waals surface area contributed by atoms with E-state index in [1.165, 1.54) is 0 Å². The van der Waals surface area contributed by atoms with Crippen LogP contribution in [0.1, 0.15) is 39.5 Å². The molecule has 1 atom stereocenters. The molecule has 0 aromatic carbocycles. The van der Waals surface area contributed by atoms with E-state index in [4.69, 9.17) is 10.7 Å². The summed E-state index contributed by atoms with van der Waals surface area (Å²) >= 11 is 0. The second-order valence-corrected chi connectivity index (χ2v) is 6.19. The van der Waals surface area contributed by atoms with Crippen LogP contribution in [0.25, 0.3) is 0 Å². The van der Waals surface area contributed by atoms with Crippen LogP contribution in [0.15, 0.2) is 0 Å². The van der Waals surface area contributed by atoms with Crippen LogP contribution in [0.5, 0.6) is 0 Å². The van der Waals surface area contributed by atoms with Gasteiger partial charge in [-0.1, -0.05) is 13.8 Å². The Morgan fingerprint density at radius 2 is 1.82 bits per heavy atom.